The lowest BCUT2D eigenvalue weighted by atomic mass is 9.85. The standard InChI is InChI=1S/C23H31N3O/c1-18(2)24-22(27)23(25-21-11-5-4-6-12-21)13-15-26(16-14-23)17-20-10-8-7-9-19(20)3/h4-12,18,25H,13-17H2,1-3H3,(H,24,27). The van der Waals surface area contributed by atoms with Crippen LogP contribution in [-0.2, 0) is 11.3 Å². The maximum atomic E-state index is 13.1. The van der Waals surface area contributed by atoms with Gasteiger partial charge in [-0.15, -0.1) is 0 Å². The number of likely N-dealkylation sites (tertiary alicyclic amines) is 1. The number of nitrogens with one attached hydrogen (secondary N) is 2. The van der Waals surface area contributed by atoms with Gasteiger partial charge in [0.1, 0.15) is 5.54 Å². The van der Waals surface area contributed by atoms with Crippen LogP contribution in [0.25, 0.3) is 0 Å². The predicted molar refractivity (Wildman–Crippen MR) is 112 cm³/mol. The molecule has 3 rings (SSSR count). The van der Waals surface area contributed by atoms with E-state index >= 15 is 0 Å². The number of aryl methyl sites for hydroxylation is 1. The second kappa shape index (κ2) is 8.57. The molecule has 0 radical (unpaired) electrons. The number of para-hydroxylation sites is 1. The monoisotopic (exact) mass is 365 g/mol. The molecule has 4 heteroatoms. The van der Waals surface area contributed by atoms with Crippen molar-refractivity contribution < 1.29 is 4.79 Å². The largest absolute Gasteiger partial charge is 0.371 e. The van der Waals surface area contributed by atoms with Gasteiger partial charge in [0.2, 0.25) is 5.91 Å². The molecule has 0 atom stereocenters. The van der Waals surface area contributed by atoms with Gasteiger partial charge in [0.15, 0.2) is 0 Å². The van der Waals surface area contributed by atoms with Crippen LogP contribution in [0.4, 0.5) is 5.69 Å². The SMILES string of the molecule is Cc1ccccc1CN1CCC(Nc2ccccc2)(C(=O)NC(C)C)CC1. The van der Waals surface area contributed by atoms with Gasteiger partial charge in [-0.2, -0.15) is 0 Å². The van der Waals surface area contributed by atoms with Gasteiger partial charge in [-0.05, 0) is 56.9 Å². The maximum Gasteiger partial charge on any atom is 0.245 e. The molecule has 27 heavy (non-hydrogen) atoms. The minimum atomic E-state index is -0.548. The second-order valence-corrected chi connectivity index (χ2v) is 7.90. The first kappa shape index (κ1) is 19.4. The molecule has 1 aliphatic rings. The number of anilines is 1. The Bertz CT molecular complexity index is 749. The molecule has 2 N–H and O–H groups in total. The maximum absolute atomic E-state index is 13.1. The lowest BCUT2D eigenvalue weighted by Crippen LogP contribution is -2.59. The van der Waals surface area contributed by atoms with Gasteiger partial charge in [-0.1, -0.05) is 42.5 Å². The van der Waals surface area contributed by atoms with Gasteiger partial charge in [0.05, 0.1) is 0 Å². The zero-order chi connectivity index (χ0) is 19.3. The Balaban J connectivity index is 1.72. The molecule has 1 aliphatic heterocycles. The number of benzene rings is 2. The predicted octanol–water partition coefficient (Wildman–Crippen LogP) is 3.97. The molecule has 144 valence electrons. The number of piperidine rings is 1. The van der Waals surface area contributed by atoms with Crippen molar-refractivity contribution in [3.63, 3.8) is 0 Å². The highest BCUT2D eigenvalue weighted by atomic mass is 16.2. The lowest BCUT2D eigenvalue weighted by molar-refractivity contribution is -0.127. The molecule has 2 aromatic carbocycles. The molecule has 0 aromatic heterocycles. The second-order valence-electron chi connectivity index (χ2n) is 7.90. The van der Waals surface area contributed by atoms with Gasteiger partial charge in [-0.25, -0.2) is 0 Å². The number of rotatable bonds is 6. The van der Waals surface area contributed by atoms with Crippen LogP contribution in [0, 0.1) is 6.92 Å². The first-order valence-electron chi connectivity index (χ1n) is 9.89. The van der Waals surface area contributed by atoms with Gasteiger partial charge in [0.25, 0.3) is 0 Å². The number of carbonyl (C=O) groups is 1. The Morgan fingerprint density at radius 1 is 1.04 bits per heavy atom. The topological polar surface area (TPSA) is 44.4 Å². The van der Waals surface area contributed by atoms with Crippen molar-refractivity contribution in [2.45, 2.75) is 51.7 Å². The summed E-state index contributed by atoms with van der Waals surface area (Å²) in [5.74, 6) is 0.108. The first-order valence-corrected chi connectivity index (χ1v) is 9.89. The molecule has 0 aliphatic carbocycles. The first-order chi connectivity index (χ1) is 13.0. The quantitative estimate of drug-likeness (QED) is 0.814. The summed E-state index contributed by atoms with van der Waals surface area (Å²) < 4.78 is 0. The summed E-state index contributed by atoms with van der Waals surface area (Å²) in [5, 5.41) is 6.68. The van der Waals surface area contributed by atoms with Crippen LogP contribution in [0.15, 0.2) is 54.6 Å². The molecular weight excluding hydrogens is 334 g/mol. The van der Waals surface area contributed by atoms with Crippen LogP contribution in [0.3, 0.4) is 0 Å². The van der Waals surface area contributed by atoms with E-state index in [0.717, 1.165) is 38.2 Å². The highest BCUT2D eigenvalue weighted by molar-refractivity contribution is 5.89. The number of carbonyl (C=O) groups excluding carboxylic acids is 1. The van der Waals surface area contributed by atoms with Crippen LogP contribution in [-0.4, -0.2) is 35.5 Å². The minimum absolute atomic E-state index is 0.108. The van der Waals surface area contributed by atoms with E-state index in [1.165, 1.54) is 11.1 Å². The van der Waals surface area contributed by atoms with Gasteiger partial charge in [-0.3, -0.25) is 9.69 Å². The van der Waals surface area contributed by atoms with Crippen molar-refractivity contribution in [2.75, 3.05) is 18.4 Å². The van der Waals surface area contributed by atoms with Crippen molar-refractivity contribution in [3.8, 4) is 0 Å². The average molecular weight is 366 g/mol. The van der Waals surface area contributed by atoms with E-state index in [2.05, 4.69) is 46.7 Å². The number of hydrogen-bond acceptors (Lipinski definition) is 3. The summed E-state index contributed by atoms with van der Waals surface area (Å²) in [6.07, 6.45) is 1.60. The van der Waals surface area contributed by atoms with Crippen molar-refractivity contribution >= 4 is 11.6 Å². The fourth-order valence-electron chi connectivity index (χ4n) is 3.73. The van der Waals surface area contributed by atoms with Crippen molar-refractivity contribution in [2.24, 2.45) is 0 Å². The third-order valence-corrected chi connectivity index (χ3v) is 5.38. The molecule has 1 saturated heterocycles. The normalized spacial score (nSPS) is 16.9. The number of nitrogens with zero attached hydrogens (tertiary/aromatic N) is 1. The van der Waals surface area contributed by atoms with Crippen LogP contribution < -0.4 is 10.6 Å². The molecule has 0 spiro atoms. The molecule has 0 saturated carbocycles. The fraction of sp³-hybridized carbons (Fsp3) is 0.435. The molecule has 1 fully saturated rings. The summed E-state index contributed by atoms with van der Waals surface area (Å²) >= 11 is 0. The Morgan fingerprint density at radius 2 is 1.67 bits per heavy atom. The third kappa shape index (κ3) is 4.89. The summed E-state index contributed by atoms with van der Waals surface area (Å²) in [7, 11) is 0. The zero-order valence-electron chi connectivity index (χ0n) is 16.7. The number of amides is 1. The fourth-order valence-corrected chi connectivity index (χ4v) is 3.73. The van der Waals surface area contributed by atoms with Gasteiger partial charge in [0, 0.05) is 31.4 Å². The smallest absolute Gasteiger partial charge is 0.245 e. The summed E-state index contributed by atoms with van der Waals surface area (Å²) in [6.45, 7) is 8.94. The zero-order valence-corrected chi connectivity index (χ0v) is 16.7. The van der Waals surface area contributed by atoms with E-state index < -0.39 is 5.54 Å². The summed E-state index contributed by atoms with van der Waals surface area (Å²) in [6, 6.07) is 18.8. The molecule has 1 heterocycles. The van der Waals surface area contributed by atoms with E-state index in [0.29, 0.717) is 0 Å². The molecular formula is C23H31N3O. The molecule has 0 unspecified atom stereocenters. The molecule has 4 nitrogen and oxygen atoms in total. The Labute approximate surface area is 163 Å². The van der Waals surface area contributed by atoms with E-state index in [1.807, 2.05) is 44.2 Å². The van der Waals surface area contributed by atoms with Crippen molar-refractivity contribution in [1.29, 1.82) is 0 Å². The molecule has 1 amide bonds. The minimum Gasteiger partial charge on any atom is -0.371 e. The van der Waals surface area contributed by atoms with Crippen LogP contribution in [0.1, 0.15) is 37.8 Å². The Kier molecular flexibility index (Phi) is 6.17. The van der Waals surface area contributed by atoms with Crippen LogP contribution in [0.5, 0.6) is 0 Å². The van der Waals surface area contributed by atoms with Gasteiger partial charge >= 0.3 is 0 Å². The van der Waals surface area contributed by atoms with E-state index in [1.54, 1.807) is 0 Å². The summed E-state index contributed by atoms with van der Waals surface area (Å²) in [5.41, 5.74) is 3.15. The Morgan fingerprint density at radius 3 is 2.30 bits per heavy atom. The third-order valence-electron chi connectivity index (χ3n) is 5.38. The lowest BCUT2D eigenvalue weighted by Gasteiger charge is -2.42. The van der Waals surface area contributed by atoms with Crippen LogP contribution >= 0.6 is 0 Å². The summed E-state index contributed by atoms with van der Waals surface area (Å²) in [4.78, 5) is 15.5. The Hall–Kier alpha value is -2.33. The van der Waals surface area contributed by atoms with Crippen molar-refractivity contribution in [3.05, 3.63) is 65.7 Å². The number of hydrogen-bond donors (Lipinski definition) is 2. The average Bonchev–Trinajstić information content (AvgIpc) is 2.65. The van der Waals surface area contributed by atoms with Crippen LogP contribution in [0.2, 0.25) is 0 Å². The van der Waals surface area contributed by atoms with E-state index in [-0.39, 0.29) is 11.9 Å². The highest BCUT2D eigenvalue weighted by Gasteiger charge is 2.41. The molecule has 2 aromatic rings. The van der Waals surface area contributed by atoms with Gasteiger partial charge < -0.3 is 10.6 Å². The van der Waals surface area contributed by atoms with Crippen molar-refractivity contribution in [1.82, 2.24) is 10.2 Å². The van der Waals surface area contributed by atoms with E-state index in [9.17, 15) is 4.79 Å². The van der Waals surface area contributed by atoms with E-state index in [4.69, 9.17) is 0 Å². The molecule has 0 bridgehead atoms. The highest BCUT2D eigenvalue weighted by Crippen LogP contribution is 2.29.